The van der Waals surface area contributed by atoms with E-state index >= 15 is 0 Å². The van der Waals surface area contributed by atoms with Gasteiger partial charge in [0, 0.05) is 5.88 Å². The zero-order valence-electron chi connectivity index (χ0n) is 11.5. The van der Waals surface area contributed by atoms with E-state index < -0.39 is 0 Å². The van der Waals surface area contributed by atoms with Crippen LogP contribution in [0.5, 0.6) is 0 Å². The molecule has 0 aliphatic rings. The normalized spacial score (nSPS) is 10.7. The van der Waals surface area contributed by atoms with Gasteiger partial charge in [0.25, 0.3) is 0 Å². The van der Waals surface area contributed by atoms with Crippen molar-refractivity contribution in [2.24, 2.45) is 0 Å². The molecule has 0 atom stereocenters. The maximum absolute atomic E-state index is 6.02. The fourth-order valence-electron chi connectivity index (χ4n) is 2.16. The first kappa shape index (κ1) is 14.4. The zero-order chi connectivity index (χ0) is 13.7. The van der Waals surface area contributed by atoms with Crippen molar-refractivity contribution < 1.29 is 0 Å². The minimum absolute atomic E-state index is 0.595. The average Bonchev–Trinajstić information content (AvgIpc) is 2.47. The Hall–Kier alpha value is -1.05. The molecule has 0 unspecified atom stereocenters. The Bertz CT molecular complexity index is 526. The van der Waals surface area contributed by atoms with Gasteiger partial charge in [-0.15, -0.1) is 11.6 Å². The first-order valence-electron chi connectivity index (χ1n) is 6.80. The van der Waals surface area contributed by atoms with Crippen LogP contribution in [0.15, 0.2) is 42.5 Å². The summed E-state index contributed by atoms with van der Waals surface area (Å²) in [5.41, 5.74) is 4.12. The van der Waals surface area contributed by atoms with Crippen molar-refractivity contribution in [2.45, 2.75) is 32.6 Å². The zero-order valence-corrected chi connectivity index (χ0v) is 13.3. The molecule has 2 radical (unpaired) electrons. The Kier molecular flexibility index (Phi) is 5.23. The molecular formula is C17H19ClSi. The van der Waals surface area contributed by atoms with Crippen molar-refractivity contribution in [1.29, 1.82) is 0 Å². The van der Waals surface area contributed by atoms with Gasteiger partial charge in [-0.05, 0) is 29.5 Å². The third-order valence-corrected chi connectivity index (χ3v) is 4.93. The summed E-state index contributed by atoms with van der Waals surface area (Å²) in [5.74, 6) is 0.595. The number of hydrogen-bond acceptors (Lipinski definition) is 0. The van der Waals surface area contributed by atoms with Gasteiger partial charge in [0.15, 0.2) is 0 Å². The van der Waals surface area contributed by atoms with Crippen LogP contribution in [-0.2, 0) is 18.7 Å². The van der Waals surface area contributed by atoms with Gasteiger partial charge in [-0.3, -0.25) is 0 Å². The minimum atomic E-state index is 0.595. The predicted octanol–water partition coefficient (Wildman–Crippen LogP) is 3.21. The quantitative estimate of drug-likeness (QED) is 0.585. The van der Waals surface area contributed by atoms with Crippen LogP contribution in [0.4, 0.5) is 0 Å². The second-order valence-corrected chi connectivity index (χ2v) is 6.29. The van der Waals surface area contributed by atoms with E-state index in [9.17, 15) is 0 Å². The predicted molar refractivity (Wildman–Crippen MR) is 86.2 cm³/mol. The van der Waals surface area contributed by atoms with E-state index in [1.165, 1.54) is 27.1 Å². The lowest BCUT2D eigenvalue weighted by Gasteiger charge is -2.09. The van der Waals surface area contributed by atoms with Crippen molar-refractivity contribution in [3.05, 3.63) is 59.2 Å². The Morgan fingerprint density at radius 2 is 1.58 bits per heavy atom. The summed E-state index contributed by atoms with van der Waals surface area (Å²) >= 11 is 6.02. The van der Waals surface area contributed by atoms with Crippen molar-refractivity contribution >= 4 is 31.5 Å². The first-order valence-corrected chi connectivity index (χ1v) is 8.34. The fourth-order valence-corrected chi connectivity index (χ4v) is 3.84. The number of halogens is 1. The summed E-state index contributed by atoms with van der Waals surface area (Å²) < 4.78 is 0. The van der Waals surface area contributed by atoms with Crippen LogP contribution in [0.25, 0.3) is 0 Å². The molecule has 0 bridgehead atoms. The van der Waals surface area contributed by atoms with Crippen LogP contribution in [0, 0.1) is 0 Å². The number of hydrogen-bond donors (Lipinski definition) is 0. The van der Waals surface area contributed by atoms with Crippen LogP contribution >= 0.6 is 11.6 Å². The average molecular weight is 287 g/mol. The van der Waals surface area contributed by atoms with Crippen molar-refractivity contribution in [3.8, 4) is 0 Å². The molecule has 0 aliphatic carbocycles. The van der Waals surface area contributed by atoms with Gasteiger partial charge in [0.2, 0.25) is 0 Å². The van der Waals surface area contributed by atoms with Crippen molar-refractivity contribution in [3.63, 3.8) is 0 Å². The van der Waals surface area contributed by atoms with E-state index in [0.29, 0.717) is 15.4 Å². The van der Waals surface area contributed by atoms with E-state index in [4.69, 9.17) is 11.6 Å². The molecule has 0 heterocycles. The molecule has 0 amide bonds. The van der Waals surface area contributed by atoms with Gasteiger partial charge < -0.3 is 0 Å². The molecule has 0 nitrogen and oxygen atoms in total. The molecule has 19 heavy (non-hydrogen) atoms. The van der Waals surface area contributed by atoms with Crippen LogP contribution < -0.4 is 10.4 Å². The molecule has 2 heteroatoms. The van der Waals surface area contributed by atoms with Crippen molar-refractivity contribution in [1.82, 2.24) is 0 Å². The summed E-state index contributed by atoms with van der Waals surface area (Å²) in [5, 5.41) is 2.79. The lowest BCUT2D eigenvalue weighted by Crippen LogP contribution is -2.30. The number of rotatable bonds is 5. The maximum atomic E-state index is 6.02. The van der Waals surface area contributed by atoms with Gasteiger partial charge in [0.05, 0.1) is 0 Å². The Morgan fingerprint density at radius 3 is 2.16 bits per heavy atom. The van der Waals surface area contributed by atoms with Crippen LogP contribution in [-0.4, -0.2) is 9.52 Å². The highest BCUT2D eigenvalue weighted by molar-refractivity contribution is 6.68. The van der Waals surface area contributed by atoms with Crippen molar-refractivity contribution in [2.75, 3.05) is 0 Å². The lowest BCUT2D eigenvalue weighted by molar-refractivity contribution is 1.09. The van der Waals surface area contributed by atoms with E-state index in [-0.39, 0.29) is 0 Å². The SMILES string of the molecule is CCc1cc(CC)cc([Si]c2ccccc2CCl)c1. The first-order chi connectivity index (χ1) is 9.26. The Balaban J connectivity index is 2.32. The molecule has 0 aromatic heterocycles. The molecule has 0 saturated carbocycles. The highest BCUT2D eigenvalue weighted by Gasteiger charge is 2.05. The molecule has 0 fully saturated rings. The van der Waals surface area contributed by atoms with Gasteiger partial charge >= 0.3 is 0 Å². The second kappa shape index (κ2) is 6.92. The number of aryl methyl sites for hydroxylation is 2. The molecule has 2 aromatic rings. The number of alkyl halides is 1. The molecule has 98 valence electrons. The maximum Gasteiger partial charge on any atom is 0.121 e. The summed E-state index contributed by atoms with van der Waals surface area (Å²) in [6.45, 7) is 4.43. The third kappa shape index (κ3) is 3.71. The number of benzene rings is 2. The smallest absolute Gasteiger partial charge is 0.121 e. The highest BCUT2D eigenvalue weighted by atomic mass is 35.5. The Morgan fingerprint density at radius 1 is 0.947 bits per heavy atom. The van der Waals surface area contributed by atoms with E-state index in [0.717, 1.165) is 12.8 Å². The molecule has 0 spiro atoms. The molecule has 2 aromatic carbocycles. The molecule has 2 rings (SSSR count). The molecule has 0 aliphatic heterocycles. The summed E-state index contributed by atoms with van der Waals surface area (Å²) in [4.78, 5) is 0. The summed E-state index contributed by atoms with van der Waals surface area (Å²) in [6, 6.07) is 15.5. The monoisotopic (exact) mass is 286 g/mol. The highest BCUT2D eigenvalue weighted by Crippen LogP contribution is 2.06. The summed E-state index contributed by atoms with van der Waals surface area (Å²) in [6.07, 6.45) is 2.20. The van der Waals surface area contributed by atoms with Crippen LogP contribution in [0.1, 0.15) is 30.5 Å². The largest absolute Gasteiger partial charge is 0.122 e. The van der Waals surface area contributed by atoms with Gasteiger partial charge in [0.1, 0.15) is 9.52 Å². The van der Waals surface area contributed by atoms with Gasteiger partial charge in [-0.2, -0.15) is 0 Å². The van der Waals surface area contributed by atoms with Gasteiger partial charge in [-0.25, -0.2) is 0 Å². The molecular weight excluding hydrogens is 268 g/mol. The molecule has 0 N–H and O–H groups in total. The van der Waals surface area contributed by atoms with E-state index in [2.05, 4.69) is 56.3 Å². The minimum Gasteiger partial charge on any atom is -0.122 e. The second-order valence-electron chi connectivity index (χ2n) is 4.66. The topological polar surface area (TPSA) is 0 Å². The lowest BCUT2D eigenvalue weighted by atomic mass is 10.1. The van der Waals surface area contributed by atoms with Crippen LogP contribution in [0.2, 0.25) is 0 Å². The van der Waals surface area contributed by atoms with Crippen LogP contribution in [0.3, 0.4) is 0 Å². The molecule has 0 saturated heterocycles. The fraction of sp³-hybridized carbons (Fsp3) is 0.294. The van der Waals surface area contributed by atoms with E-state index in [1.807, 2.05) is 0 Å². The Labute approximate surface area is 123 Å². The van der Waals surface area contributed by atoms with Gasteiger partial charge in [-0.1, -0.05) is 66.7 Å². The third-order valence-electron chi connectivity index (χ3n) is 3.31. The standard InChI is InChI=1S/C17H19ClSi/c1-3-13-9-14(4-2)11-16(10-13)19-17-8-6-5-7-15(17)12-18/h5-11H,3-4,12H2,1-2H3. The van der Waals surface area contributed by atoms with E-state index in [1.54, 1.807) is 0 Å². The summed E-state index contributed by atoms with van der Waals surface area (Å²) in [7, 11) is 0.697.